The van der Waals surface area contributed by atoms with Gasteiger partial charge in [-0.05, 0) is 44.5 Å². The summed E-state index contributed by atoms with van der Waals surface area (Å²) in [5.74, 6) is 0. The standard InChI is InChI=1S/C19H25N3O2/c1-2-22-17(19(24-18(22)23)9-11-20-12-10-19)8-7-14-13-21-16-6-4-3-5-15(14)16/h3-6,13,17,20-21H,2,7-12H2,1H3. The lowest BCUT2D eigenvalue weighted by Crippen LogP contribution is -2.51. The molecule has 1 unspecified atom stereocenters. The molecule has 0 aliphatic carbocycles. The normalized spacial score (nSPS) is 23.1. The molecule has 1 aromatic carbocycles. The minimum Gasteiger partial charge on any atom is -0.440 e. The number of aromatic amines is 1. The maximum absolute atomic E-state index is 12.3. The Morgan fingerprint density at radius 3 is 2.88 bits per heavy atom. The summed E-state index contributed by atoms with van der Waals surface area (Å²) < 4.78 is 5.90. The number of ether oxygens (including phenoxy) is 1. The molecule has 2 aromatic rings. The Balaban J connectivity index is 1.57. The van der Waals surface area contributed by atoms with Crippen LogP contribution in [0.5, 0.6) is 0 Å². The third-order valence-corrected chi connectivity index (χ3v) is 5.66. The van der Waals surface area contributed by atoms with Gasteiger partial charge in [-0.15, -0.1) is 0 Å². The second-order valence-electron chi connectivity index (χ2n) is 6.88. The third kappa shape index (κ3) is 2.47. The summed E-state index contributed by atoms with van der Waals surface area (Å²) in [5, 5.41) is 4.67. The van der Waals surface area contributed by atoms with E-state index in [0.29, 0.717) is 6.54 Å². The summed E-state index contributed by atoms with van der Waals surface area (Å²) in [6.45, 7) is 4.61. The van der Waals surface area contributed by atoms with Gasteiger partial charge in [0.15, 0.2) is 0 Å². The first-order valence-electron chi connectivity index (χ1n) is 8.99. The van der Waals surface area contributed by atoms with E-state index >= 15 is 0 Å². The van der Waals surface area contributed by atoms with Crippen molar-refractivity contribution < 1.29 is 9.53 Å². The highest BCUT2D eigenvalue weighted by Crippen LogP contribution is 2.39. The van der Waals surface area contributed by atoms with Crippen molar-refractivity contribution in [3.05, 3.63) is 36.0 Å². The number of fused-ring (bicyclic) bond motifs is 1. The van der Waals surface area contributed by atoms with Gasteiger partial charge in [0.25, 0.3) is 0 Å². The lowest BCUT2D eigenvalue weighted by Gasteiger charge is -2.38. The molecule has 1 amide bonds. The molecule has 1 spiro atoms. The summed E-state index contributed by atoms with van der Waals surface area (Å²) in [4.78, 5) is 17.6. The summed E-state index contributed by atoms with van der Waals surface area (Å²) in [6.07, 6.45) is 5.69. The number of carbonyl (C=O) groups is 1. The lowest BCUT2D eigenvalue weighted by molar-refractivity contribution is 0.00555. The van der Waals surface area contributed by atoms with Crippen molar-refractivity contribution in [2.75, 3.05) is 19.6 Å². The summed E-state index contributed by atoms with van der Waals surface area (Å²) >= 11 is 0. The van der Waals surface area contributed by atoms with Gasteiger partial charge in [-0.2, -0.15) is 0 Å². The topological polar surface area (TPSA) is 57.4 Å². The Kier molecular flexibility index (Phi) is 3.96. The largest absolute Gasteiger partial charge is 0.440 e. The highest BCUT2D eigenvalue weighted by atomic mass is 16.6. The van der Waals surface area contributed by atoms with Crippen molar-refractivity contribution in [3.8, 4) is 0 Å². The number of H-pyrrole nitrogens is 1. The van der Waals surface area contributed by atoms with Gasteiger partial charge in [-0.1, -0.05) is 18.2 Å². The number of hydrogen-bond acceptors (Lipinski definition) is 3. The predicted molar refractivity (Wildman–Crippen MR) is 94.1 cm³/mol. The molecule has 2 N–H and O–H groups in total. The van der Waals surface area contributed by atoms with Crippen LogP contribution in [-0.2, 0) is 11.2 Å². The van der Waals surface area contributed by atoms with Crippen LogP contribution in [0.25, 0.3) is 10.9 Å². The number of piperidine rings is 1. The van der Waals surface area contributed by atoms with Crippen LogP contribution in [0.2, 0.25) is 0 Å². The second kappa shape index (κ2) is 6.13. The number of rotatable bonds is 4. The Bertz CT molecular complexity index is 733. The number of nitrogens with zero attached hydrogens (tertiary/aromatic N) is 1. The van der Waals surface area contributed by atoms with Gasteiger partial charge in [-0.25, -0.2) is 4.79 Å². The Labute approximate surface area is 142 Å². The first kappa shape index (κ1) is 15.5. The van der Waals surface area contributed by atoms with E-state index in [4.69, 9.17) is 4.74 Å². The molecule has 5 nitrogen and oxygen atoms in total. The molecule has 24 heavy (non-hydrogen) atoms. The van der Waals surface area contributed by atoms with E-state index < -0.39 is 0 Å². The summed E-state index contributed by atoms with van der Waals surface area (Å²) in [5.41, 5.74) is 2.20. The minimum atomic E-state index is -0.301. The Morgan fingerprint density at radius 2 is 2.08 bits per heavy atom. The number of aryl methyl sites for hydroxylation is 1. The maximum atomic E-state index is 12.3. The number of para-hydroxylation sites is 1. The smallest absolute Gasteiger partial charge is 0.410 e. The number of nitrogens with one attached hydrogen (secondary N) is 2. The Hall–Kier alpha value is -2.01. The maximum Gasteiger partial charge on any atom is 0.410 e. The molecule has 1 aromatic heterocycles. The average Bonchev–Trinajstić information content (AvgIpc) is 3.12. The van der Waals surface area contributed by atoms with Crippen LogP contribution in [0.1, 0.15) is 31.7 Å². The molecule has 0 radical (unpaired) electrons. The molecular weight excluding hydrogens is 302 g/mol. The van der Waals surface area contributed by atoms with Gasteiger partial charge >= 0.3 is 6.09 Å². The first-order valence-corrected chi connectivity index (χ1v) is 8.99. The quantitative estimate of drug-likeness (QED) is 0.907. The highest BCUT2D eigenvalue weighted by molar-refractivity contribution is 5.83. The zero-order valence-electron chi connectivity index (χ0n) is 14.2. The van der Waals surface area contributed by atoms with E-state index in [0.717, 1.165) is 38.8 Å². The van der Waals surface area contributed by atoms with Crippen molar-refractivity contribution in [3.63, 3.8) is 0 Å². The van der Waals surface area contributed by atoms with Gasteiger partial charge in [0.2, 0.25) is 0 Å². The van der Waals surface area contributed by atoms with Crippen molar-refractivity contribution in [1.82, 2.24) is 15.2 Å². The number of amides is 1. The SMILES string of the molecule is CCN1C(=O)OC2(CCNCC2)C1CCc1c[nH]c2ccccc12. The van der Waals surface area contributed by atoms with Crippen LogP contribution in [0.4, 0.5) is 4.79 Å². The van der Waals surface area contributed by atoms with E-state index in [1.807, 2.05) is 11.8 Å². The van der Waals surface area contributed by atoms with Gasteiger partial charge in [0.05, 0.1) is 6.04 Å². The van der Waals surface area contributed by atoms with Crippen molar-refractivity contribution >= 4 is 17.0 Å². The van der Waals surface area contributed by atoms with E-state index in [2.05, 4.69) is 40.8 Å². The Morgan fingerprint density at radius 1 is 1.29 bits per heavy atom. The molecule has 2 aliphatic heterocycles. The molecule has 0 bridgehead atoms. The molecule has 128 valence electrons. The number of aromatic nitrogens is 1. The zero-order valence-corrected chi connectivity index (χ0v) is 14.2. The van der Waals surface area contributed by atoms with Crippen LogP contribution in [0.15, 0.2) is 30.5 Å². The monoisotopic (exact) mass is 327 g/mol. The third-order valence-electron chi connectivity index (χ3n) is 5.66. The van der Waals surface area contributed by atoms with Crippen molar-refractivity contribution in [1.29, 1.82) is 0 Å². The molecule has 2 saturated heterocycles. The number of carbonyl (C=O) groups excluding carboxylic acids is 1. The highest BCUT2D eigenvalue weighted by Gasteiger charge is 2.53. The lowest BCUT2D eigenvalue weighted by atomic mass is 9.82. The summed E-state index contributed by atoms with van der Waals surface area (Å²) in [6, 6.07) is 8.57. The molecule has 2 fully saturated rings. The van der Waals surface area contributed by atoms with Crippen LogP contribution in [0, 0.1) is 0 Å². The van der Waals surface area contributed by atoms with E-state index in [-0.39, 0.29) is 17.7 Å². The molecule has 3 heterocycles. The van der Waals surface area contributed by atoms with Crippen LogP contribution < -0.4 is 5.32 Å². The molecule has 4 rings (SSSR count). The minimum absolute atomic E-state index is 0.136. The van der Waals surface area contributed by atoms with Crippen LogP contribution in [0.3, 0.4) is 0 Å². The molecule has 2 aliphatic rings. The fourth-order valence-corrected chi connectivity index (χ4v) is 4.40. The van der Waals surface area contributed by atoms with Crippen molar-refractivity contribution in [2.45, 2.75) is 44.2 Å². The van der Waals surface area contributed by atoms with Crippen LogP contribution in [-0.4, -0.2) is 47.3 Å². The number of benzene rings is 1. The fourth-order valence-electron chi connectivity index (χ4n) is 4.40. The van der Waals surface area contributed by atoms with Crippen LogP contribution >= 0.6 is 0 Å². The predicted octanol–water partition coefficient (Wildman–Crippen LogP) is 3.06. The first-order chi connectivity index (χ1) is 11.7. The molecular formula is C19H25N3O2. The number of likely N-dealkylation sites (N-methyl/N-ethyl adjacent to an activating group) is 1. The molecule has 1 atom stereocenters. The average molecular weight is 327 g/mol. The van der Waals surface area contributed by atoms with Gasteiger partial charge in [0.1, 0.15) is 5.60 Å². The van der Waals surface area contributed by atoms with E-state index in [1.54, 1.807) is 0 Å². The molecule has 5 heteroatoms. The van der Waals surface area contributed by atoms with Crippen molar-refractivity contribution in [2.24, 2.45) is 0 Å². The van der Waals surface area contributed by atoms with Gasteiger partial charge in [-0.3, -0.25) is 0 Å². The zero-order chi connectivity index (χ0) is 16.6. The van der Waals surface area contributed by atoms with E-state index in [1.165, 1.54) is 16.5 Å². The van der Waals surface area contributed by atoms with Gasteiger partial charge < -0.3 is 19.9 Å². The van der Waals surface area contributed by atoms with Gasteiger partial charge in [0, 0.05) is 36.5 Å². The fraction of sp³-hybridized carbons (Fsp3) is 0.526. The summed E-state index contributed by atoms with van der Waals surface area (Å²) in [7, 11) is 0. The molecule has 0 saturated carbocycles. The second-order valence-corrected chi connectivity index (χ2v) is 6.88. The van der Waals surface area contributed by atoms with E-state index in [9.17, 15) is 4.79 Å². The number of hydrogen-bond donors (Lipinski definition) is 2.